The molecule has 1 aromatic carbocycles. The molecule has 2 N–H and O–H groups in total. The third kappa shape index (κ3) is 4.28. The molecule has 19 heavy (non-hydrogen) atoms. The van der Waals surface area contributed by atoms with Crippen molar-refractivity contribution < 1.29 is 19.4 Å². The van der Waals surface area contributed by atoms with Crippen molar-refractivity contribution in [3.63, 3.8) is 0 Å². The Hall–Kier alpha value is -2.04. The van der Waals surface area contributed by atoms with Crippen molar-refractivity contribution in [2.45, 2.75) is 32.7 Å². The van der Waals surface area contributed by atoms with E-state index in [4.69, 9.17) is 9.84 Å². The van der Waals surface area contributed by atoms with Gasteiger partial charge in [0.15, 0.2) is 0 Å². The minimum absolute atomic E-state index is 0.378. The van der Waals surface area contributed by atoms with Gasteiger partial charge in [0.25, 0.3) is 5.91 Å². The summed E-state index contributed by atoms with van der Waals surface area (Å²) < 4.78 is 5.43. The van der Waals surface area contributed by atoms with Crippen LogP contribution in [0.15, 0.2) is 24.3 Å². The number of carboxylic acid groups (broad SMARTS) is 1. The van der Waals surface area contributed by atoms with Gasteiger partial charge in [0, 0.05) is 5.56 Å². The van der Waals surface area contributed by atoms with E-state index < -0.39 is 17.4 Å². The average Bonchev–Trinajstić information content (AvgIpc) is 2.36. The monoisotopic (exact) mass is 265 g/mol. The van der Waals surface area contributed by atoms with Gasteiger partial charge in [-0.1, -0.05) is 13.0 Å². The summed E-state index contributed by atoms with van der Waals surface area (Å²) in [6.45, 7) is 5.44. The van der Waals surface area contributed by atoms with E-state index in [2.05, 4.69) is 5.32 Å². The van der Waals surface area contributed by atoms with Crippen LogP contribution in [-0.4, -0.2) is 29.1 Å². The molecule has 0 saturated heterocycles. The summed E-state index contributed by atoms with van der Waals surface area (Å²) in [5, 5.41) is 11.4. The van der Waals surface area contributed by atoms with Crippen molar-refractivity contribution >= 4 is 11.9 Å². The molecule has 0 aliphatic rings. The molecular formula is C14H19NO4. The van der Waals surface area contributed by atoms with Crippen LogP contribution in [0.1, 0.15) is 37.6 Å². The summed E-state index contributed by atoms with van der Waals surface area (Å²) in [5.41, 5.74) is -0.930. The van der Waals surface area contributed by atoms with Crippen molar-refractivity contribution in [1.82, 2.24) is 5.32 Å². The Labute approximate surface area is 112 Å². The lowest BCUT2D eigenvalue weighted by Crippen LogP contribution is -2.49. The lowest BCUT2D eigenvalue weighted by Gasteiger charge is -2.21. The second-order valence-electron chi connectivity index (χ2n) is 4.76. The highest BCUT2D eigenvalue weighted by Crippen LogP contribution is 2.14. The van der Waals surface area contributed by atoms with Crippen LogP contribution in [0.5, 0.6) is 5.75 Å². The number of carbonyl (C=O) groups is 2. The summed E-state index contributed by atoms with van der Waals surface area (Å²) >= 11 is 0. The number of ether oxygens (including phenoxy) is 1. The molecule has 1 amide bonds. The number of amides is 1. The van der Waals surface area contributed by atoms with Gasteiger partial charge in [-0.05, 0) is 38.5 Å². The summed E-state index contributed by atoms with van der Waals surface area (Å²) in [6.07, 6.45) is 0.877. The minimum Gasteiger partial charge on any atom is -0.494 e. The standard InChI is InChI=1S/C14H19NO4/c1-4-8-19-11-7-5-6-10(9-11)12(16)15-14(2,3)13(17)18/h5-7,9H,4,8H2,1-3H3,(H,15,16)(H,17,18). The quantitative estimate of drug-likeness (QED) is 0.825. The predicted molar refractivity (Wildman–Crippen MR) is 71.4 cm³/mol. The van der Waals surface area contributed by atoms with Gasteiger partial charge < -0.3 is 15.2 Å². The molecule has 5 nitrogen and oxygen atoms in total. The van der Waals surface area contributed by atoms with E-state index in [9.17, 15) is 9.59 Å². The van der Waals surface area contributed by atoms with E-state index in [0.29, 0.717) is 17.9 Å². The molecule has 0 aromatic heterocycles. The first-order chi connectivity index (χ1) is 8.86. The number of aliphatic carboxylic acids is 1. The number of nitrogens with one attached hydrogen (secondary N) is 1. The van der Waals surface area contributed by atoms with Crippen molar-refractivity contribution in [2.75, 3.05) is 6.61 Å². The molecule has 0 radical (unpaired) electrons. The molecule has 0 unspecified atom stereocenters. The molecule has 0 bridgehead atoms. The molecule has 0 spiro atoms. The van der Waals surface area contributed by atoms with Crippen molar-refractivity contribution in [3.8, 4) is 5.75 Å². The van der Waals surface area contributed by atoms with Gasteiger partial charge in [0.2, 0.25) is 0 Å². The molecule has 5 heteroatoms. The molecule has 0 aliphatic heterocycles. The molecule has 1 aromatic rings. The number of hydrogen-bond acceptors (Lipinski definition) is 3. The van der Waals surface area contributed by atoms with E-state index >= 15 is 0 Å². The lowest BCUT2D eigenvalue weighted by atomic mass is 10.1. The SMILES string of the molecule is CCCOc1cccc(C(=O)NC(C)(C)C(=O)O)c1. The molecule has 0 saturated carbocycles. The Balaban J connectivity index is 2.80. The van der Waals surface area contributed by atoms with Crippen LogP contribution in [0.2, 0.25) is 0 Å². The first-order valence-corrected chi connectivity index (χ1v) is 6.15. The average molecular weight is 265 g/mol. The third-order valence-corrected chi connectivity index (χ3v) is 2.53. The van der Waals surface area contributed by atoms with Crippen LogP contribution in [-0.2, 0) is 4.79 Å². The summed E-state index contributed by atoms with van der Waals surface area (Å²) in [7, 11) is 0. The van der Waals surface area contributed by atoms with Gasteiger partial charge in [0.05, 0.1) is 6.61 Å². The molecule has 0 atom stereocenters. The number of benzene rings is 1. The smallest absolute Gasteiger partial charge is 0.328 e. The van der Waals surface area contributed by atoms with E-state index in [0.717, 1.165) is 6.42 Å². The zero-order valence-electron chi connectivity index (χ0n) is 11.4. The second kappa shape index (κ2) is 6.22. The van der Waals surface area contributed by atoms with Gasteiger partial charge in [-0.15, -0.1) is 0 Å². The van der Waals surface area contributed by atoms with Crippen LogP contribution < -0.4 is 10.1 Å². The summed E-state index contributed by atoms with van der Waals surface area (Å²) in [5.74, 6) is -0.920. The van der Waals surface area contributed by atoms with Gasteiger partial charge >= 0.3 is 5.97 Å². The highest BCUT2D eigenvalue weighted by Gasteiger charge is 2.29. The van der Waals surface area contributed by atoms with Gasteiger partial charge in [-0.25, -0.2) is 4.79 Å². The van der Waals surface area contributed by atoms with Crippen LogP contribution in [0.25, 0.3) is 0 Å². The van der Waals surface area contributed by atoms with Crippen molar-refractivity contribution in [3.05, 3.63) is 29.8 Å². The Morgan fingerprint density at radius 1 is 1.37 bits per heavy atom. The maximum Gasteiger partial charge on any atom is 0.328 e. The first kappa shape index (κ1) is 15.0. The number of hydrogen-bond donors (Lipinski definition) is 2. The number of carboxylic acids is 1. The zero-order chi connectivity index (χ0) is 14.5. The van der Waals surface area contributed by atoms with Crippen LogP contribution >= 0.6 is 0 Å². The molecule has 0 aliphatic carbocycles. The van der Waals surface area contributed by atoms with E-state index in [-0.39, 0.29) is 0 Å². The van der Waals surface area contributed by atoms with Gasteiger partial charge in [-0.3, -0.25) is 4.79 Å². The molecular weight excluding hydrogens is 246 g/mol. The largest absolute Gasteiger partial charge is 0.494 e. The number of rotatable bonds is 6. The second-order valence-corrected chi connectivity index (χ2v) is 4.76. The maximum absolute atomic E-state index is 12.0. The van der Waals surface area contributed by atoms with Crippen LogP contribution in [0.4, 0.5) is 0 Å². The fourth-order valence-corrected chi connectivity index (χ4v) is 1.36. The Bertz CT molecular complexity index is 468. The van der Waals surface area contributed by atoms with E-state index in [1.807, 2.05) is 6.92 Å². The maximum atomic E-state index is 12.0. The Morgan fingerprint density at radius 2 is 2.05 bits per heavy atom. The van der Waals surface area contributed by atoms with Crippen molar-refractivity contribution in [2.24, 2.45) is 0 Å². The topological polar surface area (TPSA) is 75.6 Å². The van der Waals surface area contributed by atoms with E-state index in [1.165, 1.54) is 13.8 Å². The summed E-state index contributed by atoms with van der Waals surface area (Å²) in [4.78, 5) is 22.9. The first-order valence-electron chi connectivity index (χ1n) is 6.15. The fourth-order valence-electron chi connectivity index (χ4n) is 1.36. The van der Waals surface area contributed by atoms with Crippen molar-refractivity contribution in [1.29, 1.82) is 0 Å². The number of carbonyl (C=O) groups excluding carboxylic acids is 1. The van der Waals surface area contributed by atoms with E-state index in [1.54, 1.807) is 24.3 Å². The highest BCUT2D eigenvalue weighted by atomic mass is 16.5. The van der Waals surface area contributed by atoms with Crippen LogP contribution in [0.3, 0.4) is 0 Å². The summed E-state index contributed by atoms with van der Waals surface area (Å²) in [6, 6.07) is 6.68. The van der Waals surface area contributed by atoms with Crippen LogP contribution in [0, 0.1) is 0 Å². The highest BCUT2D eigenvalue weighted by molar-refractivity contribution is 5.97. The molecule has 0 fully saturated rings. The fraction of sp³-hybridized carbons (Fsp3) is 0.429. The van der Waals surface area contributed by atoms with Gasteiger partial charge in [0.1, 0.15) is 11.3 Å². The Kier molecular flexibility index (Phi) is 4.92. The normalized spacial score (nSPS) is 10.9. The zero-order valence-corrected chi connectivity index (χ0v) is 11.4. The molecule has 0 heterocycles. The molecule has 1 rings (SSSR count). The molecule has 104 valence electrons. The Morgan fingerprint density at radius 3 is 2.63 bits per heavy atom. The third-order valence-electron chi connectivity index (χ3n) is 2.53. The minimum atomic E-state index is -1.31. The van der Waals surface area contributed by atoms with Gasteiger partial charge in [-0.2, -0.15) is 0 Å². The lowest BCUT2D eigenvalue weighted by molar-refractivity contribution is -0.143. The predicted octanol–water partition coefficient (Wildman–Crippen LogP) is 2.07.